The number of aryl methyl sites for hydroxylation is 2. The minimum absolute atomic E-state index is 0.323. The standard InChI is InChI=1S/C34H30ClN3O3/c1-23-8-7-9-25(18-23)22-41-33-30(35)19-26(20-32(33)40-3)21-36-37-34(39)28-13-15-29(16-14-28)38-24(2)12-17-31(38)27-10-5-4-6-11-27/h4-21H,22H2,1-3H3,(H,37,39)/b36-21+. The molecule has 0 saturated carbocycles. The third-order valence-corrected chi connectivity index (χ3v) is 6.91. The maximum atomic E-state index is 12.8. The van der Waals surface area contributed by atoms with Crippen LogP contribution < -0.4 is 14.9 Å². The van der Waals surface area contributed by atoms with Crippen molar-refractivity contribution in [2.24, 2.45) is 5.10 Å². The molecule has 1 aromatic heterocycles. The number of amides is 1. The average Bonchev–Trinajstić information content (AvgIpc) is 3.38. The van der Waals surface area contributed by atoms with E-state index in [4.69, 9.17) is 21.1 Å². The highest BCUT2D eigenvalue weighted by atomic mass is 35.5. The molecular weight excluding hydrogens is 534 g/mol. The lowest BCUT2D eigenvalue weighted by Crippen LogP contribution is -2.17. The molecule has 41 heavy (non-hydrogen) atoms. The van der Waals surface area contributed by atoms with Crippen LogP contribution in [0.2, 0.25) is 5.02 Å². The largest absolute Gasteiger partial charge is 0.493 e. The fraction of sp³-hybridized carbons (Fsp3) is 0.118. The minimum atomic E-state index is -0.323. The highest BCUT2D eigenvalue weighted by molar-refractivity contribution is 6.32. The average molecular weight is 564 g/mol. The summed E-state index contributed by atoms with van der Waals surface area (Å²) in [5.41, 5.74) is 10.2. The first kappa shape index (κ1) is 27.7. The molecule has 0 saturated heterocycles. The van der Waals surface area contributed by atoms with Crippen LogP contribution >= 0.6 is 11.6 Å². The van der Waals surface area contributed by atoms with Crippen molar-refractivity contribution >= 4 is 23.7 Å². The predicted octanol–water partition coefficient (Wildman–Crippen LogP) is 7.77. The summed E-state index contributed by atoms with van der Waals surface area (Å²) in [6.45, 7) is 4.45. The Hall–Kier alpha value is -4.81. The van der Waals surface area contributed by atoms with E-state index in [9.17, 15) is 4.79 Å². The number of aromatic nitrogens is 1. The summed E-state index contributed by atoms with van der Waals surface area (Å²) in [5, 5.41) is 4.51. The number of ether oxygens (including phenoxy) is 2. The van der Waals surface area contributed by atoms with Gasteiger partial charge in [-0.05, 0) is 79.1 Å². The van der Waals surface area contributed by atoms with Crippen LogP contribution in [0, 0.1) is 13.8 Å². The molecule has 0 fully saturated rings. The summed E-state index contributed by atoms with van der Waals surface area (Å²) < 4.78 is 13.6. The molecule has 1 heterocycles. The van der Waals surface area contributed by atoms with Crippen LogP contribution in [0.25, 0.3) is 16.9 Å². The maximum absolute atomic E-state index is 12.8. The Labute approximate surface area is 244 Å². The van der Waals surface area contributed by atoms with Gasteiger partial charge in [-0.1, -0.05) is 71.8 Å². The van der Waals surface area contributed by atoms with Crippen molar-refractivity contribution in [2.75, 3.05) is 7.11 Å². The number of rotatable bonds is 9. The van der Waals surface area contributed by atoms with Gasteiger partial charge in [-0.2, -0.15) is 5.10 Å². The van der Waals surface area contributed by atoms with Crippen molar-refractivity contribution in [1.29, 1.82) is 0 Å². The first-order valence-corrected chi connectivity index (χ1v) is 13.5. The third kappa shape index (κ3) is 6.51. The van der Waals surface area contributed by atoms with E-state index in [1.165, 1.54) is 6.21 Å². The fourth-order valence-electron chi connectivity index (χ4n) is 4.62. The van der Waals surface area contributed by atoms with Crippen LogP contribution in [0.5, 0.6) is 11.5 Å². The minimum Gasteiger partial charge on any atom is -0.493 e. The van der Waals surface area contributed by atoms with E-state index < -0.39 is 0 Å². The molecule has 6 nitrogen and oxygen atoms in total. The third-order valence-electron chi connectivity index (χ3n) is 6.63. The zero-order valence-corrected chi connectivity index (χ0v) is 23.9. The van der Waals surface area contributed by atoms with Crippen molar-refractivity contribution in [2.45, 2.75) is 20.5 Å². The molecule has 7 heteroatoms. The Bertz CT molecular complexity index is 1690. The molecule has 0 aliphatic carbocycles. The van der Waals surface area contributed by atoms with E-state index in [-0.39, 0.29) is 5.91 Å². The SMILES string of the molecule is COc1cc(/C=N/NC(=O)c2ccc(-n3c(C)ccc3-c3ccccc3)cc2)cc(Cl)c1OCc1cccc(C)c1. The number of hydrogen-bond donors (Lipinski definition) is 1. The van der Waals surface area contributed by atoms with Crippen LogP contribution in [-0.4, -0.2) is 23.8 Å². The molecule has 4 aromatic carbocycles. The van der Waals surface area contributed by atoms with Gasteiger partial charge in [0.1, 0.15) is 6.61 Å². The first-order chi connectivity index (χ1) is 19.9. The van der Waals surface area contributed by atoms with Gasteiger partial charge in [0.25, 0.3) is 5.91 Å². The van der Waals surface area contributed by atoms with Gasteiger partial charge < -0.3 is 14.0 Å². The number of nitrogens with one attached hydrogen (secondary N) is 1. The molecule has 1 N–H and O–H groups in total. The Morgan fingerprint density at radius 3 is 2.44 bits per heavy atom. The van der Waals surface area contributed by atoms with E-state index in [0.29, 0.717) is 34.3 Å². The highest BCUT2D eigenvalue weighted by Gasteiger charge is 2.13. The number of hydrogen-bond acceptors (Lipinski definition) is 4. The lowest BCUT2D eigenvalue weighted by molar-refractivity contribution is 0.0955. The van der Waals surface area contributed by atoms with E-state index in [1.807, 2.05) is 55.5 Å². The first-order valence-electron chi connectivity index (χ1n) is 13.2. The van der Waals surface area contributed by atoms with Crippen LogP contribution in [-0.2, 0) is 6.61 Å². The molecule has 0 radical (unpaired) electrons. The summed E-state index contributed by atoms with van der Waals surface area (Å²) in [4.78, 5) is 12.8. The van der Waals surface area contributed by atoms with E-state index in [1.54, 1.807) is 31.4 Å². The van der Waals surface area contributed by atoms with Crippen molar-refractivity contribution < 1.29 is 14.3 Å². The van der Waals surface area contributed by atoms with Crippen LogP contribution in [0.15, 0.2) is 108 Å². The molecule has 0 atom stereocenters. The van der Waals surface area contributed by atoms with E-state index in [2.05, 4.69) is 52.3 Å². The molecule has 0 aliphatic rings. The van der Waals surface area contributed by atoms with Gasteiger partial charge in [-0.15, -0.1) is 0 Å². The zero-order valence-electron chi connectivity index (χ0n) is 23.1. The quantitative estimate of drug-likeness (QED) is 0.147. The summed E-state index contributed by atoms with van der Waals surface area (Å²) in [5.74, 6) is 0.602. The maximum Gasteiger partial charge on any atom is 0.271 e. The van der Waals surface area contributed by atoms with Gasteiger partial charge in [0, 0.05) is 16.9 Å². The molecule has 0 aliphatic heterocycles. The summed E-state index contributed by atoms with van der Waals surface area (Å²) in [6.07, 6.45) is 1.51. The second kappa shape index (κ2) is 12.6. The second-order valence-corrected chi connectivity index (χ2v) is 10.0. The van der Waals surface area contributed by atoms with Gasteiger partial charge in [0.2, 0.25) is 0 Å². The summed E-state index contributed by atoms with van der Waals surface area (Å²) >= 11 is 6.51. The van der Waals surface area contributed by atoms with Crippen molar-refractivity contribution in [3.63, 3.8) is 0 Å². The van der Waals surface area contributed by atoms with Gasteiger partial charge in [0.15, 0.2) is 11.5 Å². The predicted molar refractivity (Wildman–Crippen MR) is 165 cm³/mol. The number of hydrazone groups is 1. The monoisotopic (exact) mass is 563 g/mol. The Morgan fingerprint density at radius 2 is 1.71 bits per heavy atom. The van der Waals surface area contributed by atoms with Crippen molar-refractivity contribution in [3.8, 4) is 28.4 Å². The Kier molecular flexibility index (Phi) is 8.51. The van der Waals surface area contributed by atoms with Crippen LogP contribution in [0.3, 0.4) is 0 Å². The smallest absolute Gasteiger partial charge is 0.271 e. The molecule has 0 bridgehead atoms. The molecule has 0 unspecified atom stereocenters. The highest BCUT2D eigenvalue weighted by Crippen LogP contribution is 2.36. The fourth-order valence-corrected chi connectivity index (χ4v) is 4.89. The molecule has 5 aromatic rings. The number of carbonyl (C=O) groups is 1. The second-order valence-electron chi connectivity index (χ2n) is 9.62. The van der Waals surface area contributed by atoms with Gasteiger partial charge in [-0.25, -0.2) is 5.43 Å². The number of methoxy groups -OCH3 is 1. The van der Waals surface area contributed by atoms with Gasteiger partial charge in [-0.3, -0.25) is 4.79 Å². The van der Waals surface area contributed by atoms with Gasteiger partial charge >= 0.3 is 0 Å². The number of nitrogens with zero attached hydrogens (tertiary/aromatic N) is 2. The van der Waals surface area contributed by atoms with Crippen molar-refractivity contribution in [3.05, 3.63) is 136 Å². The molecule has 1 amide bonds. The van der Waals surface area contributed by atoms with Gasteiger partial charge in [0.05, 0.1) is 24.0 Å². The van der Waals surface area contributed by atoms with Crippen molar-refractivity contribution in [1.82, 2.24) is 9.99 Å². The zero-order chi connectivity index (χ0) is 28.8. The van der Waals surface area contributed by atoms with Crippen LogP contribution in [0.1, 0.15) is 32.7 Å². The summed E-state index contributed by atoms with van der Waals surface area (Å²) in [6, 6.07) is 33.4. The van der Waals surface area contributed by atoms with E-state index >= 15 is 0 Å². The molecule has 0 spiro atoms. The Morgan fingerprint density at radius 1 is 0.927 bits per heavy atom. The topological polar surface area (TPSA) is 64.8 Å². The van der Waals surface area contributed by atoms with Crippen LogP contribution in [0.4, 0.5) is 0 Å². The summed E-state index contributed by atoms with van der Waals surface area (Å²) in [7, 11) is 1.55. The molecular formula is C34H30ClN3O3. The lowest BCUT2D eigenvalue weighted by atomic mass is 10.1. The Balaban J connectivity index is 1.25. The molecule has 5 rings (SSSR count). The number of benzene rings is 4. The normalized spacial score (nSPS) is 11.0. The van der Waals surface area contributed by atoms with E-state index in [0.717, 1.165) is 33.8 Å². The number of carbonyl (C=O) groups excluding carboxylic acids is 1. The molecule has 206 valence electrons. The lowest BCUT2D eigenvalue weighted by Gasteiger charge is -2.13. The number of halogens is 1.